The van der Waals surface area contributed by atoms with Crippen molar-refractivity contribution in [2.45, 2.75) is 81.0 Å². The second kappa shape index (κ2) is 12.5. The molecular formula is C42H46N4O9S. The van der Waals surface area contributed by atoms with E-state index < -0.39 is 34.3 Å². The van der Waals surface area contributed by atoms with Gasteiger partial charge in [0, 0.05) is 76.6 Å². The van der Waals surface area contributed by atoms with Crippen LogP contribution in [0.1, 0.15) is 75.9 Å². The van der Waals surface area contributed by atoms with Crippen LogP contribution in [0.3, 0.4) is 0 Å². The van der Waals surface area contributed by atoms with Gasteiger partial charge in [0.05, 0.1) is 24.4 Å². The number of carbonyl (C=O) groups excluding carboxylic acids is 2. The fourth-order valence-electron chi connectivity index (χ4n) is 11.1. The van der Waals surface area contributed by atoms with Crippen LogP contribution in [-0.4, -0.2) is 90.9 Å². The van der Waals surface area contributed by atoms with Gasteiger partial charge >= 0.3 is 11.9 Å². The van der Waals surface area contributed by atoms with Crippen molar-refractivity contribution in [3.05, 3.63) is 75.0 Å². The summed E-state index contributed by atoms with van der Waals surface area (Å²) < 4.78 is 37.7. The van der Waals surface area contributed by atoms with Crippen molar-refractivity contribution >= 4 is 34.7 Å². The summed E-state index contributed by atoms with van der Waals surface area (Å²) in [6.07, 6.45) is 1.21. The average molecular weight is 783 g/mol. The lowest BCUT2D eigenvalue weighted by atomic mass is 9.76. The Morgan fingerprint density at radius 1 is 1.12 bits per heavy atom. The lowest BCUT2D eigenvalue weighted by Crippen LogP contribution is -2.69. The monoisotopic (exact) mass is 782 g/mol. The molecule has 13 nitrogen and oxygen atoms in total. The molecule has 4 aromatic rings. The van der Waals surface area contributed by atoms with E-state index in [-0.39, 0.29) is 43.0 Å². The summed E-state index contributed by atoms with van der Waals surface area (Å²) in [6, 6.07) is 8.52. The lowest BCUT2D eigenvalue weighted by Gasteiger charge is -2.61. The van der Waals surface area contributed by atoms with Crippen LogP contribution in [0.25, 0.3) is 11.0 Å². The van der Waals surface area contributed by atoms with E-state index in [1.165, 1.54) is 6.92 Å². The van der Waals surface area contributed by atoms with Crippen LogP contribution in [0.15, 0.2) is 34.7 Å². The van der Waals surface area contributed by atoms with Crippen molar-refractivity contribution in [3.63, 3.8) is 0 Å². The van der Waals surface area contributed by atoms with Gasteiger partial charge in [-0.1, -0.05) is 24.3 Å². The quantitative estimate of drug-likeness (QED) is 0.192. The first-order valence-corrected chi connectivity index (χ1v) is 20.3. The Morgan fingerprint density at radius 2 is 1.91 bits per heavy atom. The molecule has 2 saturated heterocycles. The number of rotatable bonds is 3. The summed E-state index contributed by atoms with van der Waals surface area (Å²) in [6.45, 7) is 8.42. The van der Waals surface area contributed by atoms with Crippen molar-refractivity contribution in [2.75, 3.05) is 46.4 Å². The van der Waals surface area contributed by atoms with E-state index in [1.807, 2.05) is 38.1 Å². The molecule has 0 aliphatic carbocycles. The Labute approximate surface area is 328 Å². The minimum Gasteiger partial charge on any atom is -0.504 e. The van der Waals surface area contributed by atoms with Crippen molar-refractivity contribution < 1.29 is 42.8 Å². The van der Waals surface area contributed by atoms with Gasteiger partial charge in [0.1, 0.15) is 23.7 Å². The van der Waals surface area contributed by atoms with E-state index in [4.69, 9.17) is 33.8 Å². The normalized spacial score (nSPS) is 31.3. The maximum Gasteiger partial charge on any atom is 0.335 e. The average Bonchev–Trinajstić information content (AvgIpc) is 3.76. The lowest BCUT2D eigenvalue weighted by molar-refractivity contribution is -0.160. The topological polar surface area (TPSA) is 158 Å². The highest BCUT2D eigenvalue weighted by Gasteiger charge is 2.63. The maximum atomic E-state index is 15.1. The Kier molecular flexibility index (Phi) is 8.02. The Hall–Kier alpha value is -4.47. The first kappa shape index (κ1) is 35.9. The third kappa shape index (κ3) is 4.76. The van der Waals surface area contributed by atoms with Gasteiger partial charge in [0.2, 0.25) is 6.79 Å². The standard InChI is InChI=1S/C42H46N4O9S/c1-19-11-22-13-41(4)16-45(5)31(28(22)33(48)34(19)50-6)32-38-30-29(37-36(52-18-53-37)20(2)35(30)54-21(3)47)26(46(32)41)15-51-40(49)42(17-56-38)39-25(12-23(14-43)44-42)24-9-7-8-10-27(24)55-39/h7-11,23,26,31-32,38,44,48H,12-18,43H2,1-6H3/t23-,26-,31+,32+,38+,41-,42+/m0/s1. The number of furan rings is 1. The molecule has 9 heterocycles. The van der Waals surface area contributed by atoms with Crippen LogP contribution in [0.2, 0.25) is 0 Å². The number of esters is 2. The van der Waals surface area contributed by atoms with Crippen LogP contribution >= 0.6 is 11.8 Å². The second-order valence-electron chi connectivity index (χ2n) is 16.5. The Balaban J connectivity index is 1.26. The van der Waals surface area contributed by atoms with E-state index in [0.29, 0.717) is 65.8 Å². The number of methoxy groups -OCH3 is 1. The number of carbonyl (C=O) groups is 2. The molecule has 3 aromatic carbocycles. The number of aromatic hydroxyl groups is 1. The van der Waals surface area contributed by atoms with Crippen LogP contribution in [0.4, 0.5) is 0 Å². The summed E-state index contributed by atoms with van der Waals surface area (Å²) in [4.78, 5) is 32.9. The van der Waals surface area contributed by atoms with Gasteiger partial charge in [-0.2, -0.15) is 0 Å². The largest absolute Gasteiger partial charge is 0.504 e. The van der Waals surface area contributed by atoms with Crippen LogP contribution in [0, 0.1) is 13.8 Å². The predicted octanol–water partition coefficient (Wildman–Crippen LogP) is 4.84. The Bertz CT molecular complexity index is 2360. The van der Waals surface area contributed by atoms with Crippen LogP contribution in [-0.2, 0) is 32.7 Å². The number of fused-ring (bicyclic) bond motifs is 8. The third-order valence-electron chi connectivity index (χ3n) is 13.0. The zero-order chi connectivity index (χ0) is 39.0. The summed E-state index contributed by atoms with van der Waals surface area (Å²) in [5, 5.41) is 16.3. The number of hydrogen-bond donors (Lipinski definition) is 3. The van der Waals surface area contributed by atoms with Gasteiger partial charge in [-0.25, -0.2) is 4.79 Å². The highest BCUT2D eigenvalue weighted by atomic mass is 32.2. The van der Waals surface area contributed by atoms with E-state index in [1.54, 1.807) is 18.9 Å². The van der Waals surface area contributed by atoms with Gasteiger partial charge in [0.15, 0.2) is 28.5 Å². The fraction of sp³-hybridized carbons (Fsp3) is 0.476. The fourth-order valence-corrected chi connectivity index (χ4v) is 12.7. The minimum absolute atomic E-state index is 0.00321. The number of para-hydroxylation sites is 1. The summed E-state index contributed by atoms with van der Waals surface area (Å²) in [5.74, 6) is 1.90. The van der Waals surface area contributed by atoms with Crippen molar-refractivity contribution in [1.82, 2.24) is 15.1 Å². The third-order valence-corrected chi connectivity index (χ3v) is 14.5. The highest BCUT2D eigenvalue weighted by molar-refractivity contribution is 7.99. The number of nitrogens with two attached hydrogens (primary N) is 1. The maximum absolute atomic E-state index is 15.1. The number of likely N-dealkylation sites (N-methyl/N-ethyl adjacent to an activating group) is 1. The number of ether oxygens (including phenoxy) is 5. The first-order chi connectivity index (χ1) is 26.9. The molecule has 4 bridgehead atoms. The SMILES string of the molecule is COc1c(C)cc2c(c1O)[C@@H]1[C@@H]3[C@@H]4SC[C@]5(N[C@H](CN)Cc6c5oc5ccccc65)C(=O)OC[C@@H](c5c6c(c(C)c(OC(C)=O)c54)OCO6)N3[C@@](C)(C2)CN1C. The molecule has 1 spiro atoms. The number of benzene rings is 3. The molecule has 14 heteroatoms. The number of nitrogens with one attached hydrogen (secondary N) is 1. The number of piperazine rings is 1. The van der Waals surface area contributed by atoms with Crippen molar-refractivity contribution in [2.24, 2.45) is 5.73 Å². The molecule has 1 aromatic heterocycles. The number of aryl methyl sites for hydroxylation is 1. The molecule has 4 N–H and O–H groups in total. The number of phenols is 1. The second-order valence-corrected chi connectivity index (χ2v) is 17.6. The van der Waals surface area contributed by atoms with Gasteiger partial charge in [0.25, 0.3) is 0 Å². The predicted molar refractivity (Wildman–Crippen MR) is 208 cm³/mol. The number of thioether (sulfide) groups is 1. The zero-order valence-electron chi connectivity index (χ0n) is 32.3. The van der Waals surface area contributed by atoms with E-state index in [2.05, 4.69) is 35.2 Å². The van der Waals surface area contributed by atoms with Gasteiger partial charge < -0.3 is 38.9 Å². The number of nitrogens with zero attached hydrogens (tertiary/aromatic N) is 2. The Morgan fingerprint density at radius 3 is 2.68 bits per heavy atom. The van der Waals surface area contributed by atoms with Crippen molar-refractivity contribution in [1.29, 1.82) is 0 Å². The molecule has 0 radical (unpaired) electrons. The summed E-state index contributed by atoms with van der Waals surface area (Å²) in [5.41, 5.74) is 11.1. The molecule has 8 atom stereocenters. The molecule has 12 rings (SSSR count). The van der Waals surface area contributed by atoms with E-state index in [0.717, 1.165) is 38.8 Å². The molecular weight excluding hydrogens is 737 g/mol. The molecule has 294 valence electrons. The summed E-state index contributed by atoms with van der Waals surface area (Å²) >= 11 is 1.59. The van der Waals surface area contributed by atoms with E-state index in [9.17, 15) is 9.90 Å². The van der Waals surface area contributed by atoms with Gasteiger partial charge in [-0.15, -0.1) is 11.8 Å². The van der Waals surface area contributed by atoms with Crippen LogP contribution in [0.5, 0.6) is 28.7 Å². The van der Waals surface area contributed by atoms with Gasteiger partial charge in [-0.05, 0) is 57.9 Å². The molecule has 0 saturated carbocycles. The van der Waals surface area contributed by atoms with Crippen molar-refractivity contribution in [3.8, 4) is 28.7 Å². The first-order valence-electron chi connectivity index (χ1n) is 19.2. The molecule has 0 amide bonds. The molecule has 8 aliphatic heterocycles. The smallest absolute Gasteiger partial charge is 0.335 e. The molecule has 1 unspecified atom stereocenters. The zero-order valence-corrected chi connectivity index (χ0v) is 33.1. The molecule has 56 heavy (non-hydrogen) atoms. The highest BCUT2D eigenvalue weighted by Crippen LogP contribution is 2.65. The summed E-state index contributed by atoms with van der Waals surface area (Å²) in [7, 11) is 3.69. The molecule has 2 fully saturated rings. The van der Waals surface area contributed by atoms with E-state index >= 15 is 4.79 Å². The minimum atomic E-state index is -1.39. The number of hydrogen-bond acceptors (Lipinski definition) is 14. The van der Waals surface area contributed by atoms with Gasteiger partial charge in [-0.3, -0.25) is 19.9 Å². The molecule has 8 aliphatic rings. The van der Waals surface area contributed by atoms with Crippen LogP contribution < -0.4 is 30.0 Å². The number of phenolic OH excluding ortho intramolecular Hbond substituents is 1.